The summed E-state index contributed by atoms with van der Waals surface area (Å²) in [5.74, 6) is 0.508. The molecule has 0 saturated carbocycles. The topological polar surface area (TPSA) is 74.5 Å². The van der Waals surface area contributed by atoms with Gasteiger partial charge in [-0.3, -0.25) is 0 Å². The van der Waals surface area contributed by atoms with Gasteiger partial charge in [-0.1, -0.05) is 6.08 Å². The maximum atomic E-state index is 11.1. The molecule has 16 heavy (non-hydrogen) atoms. The van der Waals surface area contributed by atoms with E-state index in [4.69, 9.17) is 4.42 Å². The molecule has 0 spiro atoms. The molecule has 1 aromatic heterocycles. The lowest BCUT2D eigenvalue weighted by atomic mass is 10.2. The van der Waals surface area contributed by atoms with E-state index in [9.17, 15) is 9.90 Å². The molecule has 1 aromatic rings. The number of rotatable bonds is 6. The minimum Gasteiger partial charge on any atom is -0.467 e. The van der Waals surface area contributed by atoms with Crippen molar-refractivity contribution >= 4 is 6.03 Å². The van der Waals surface area contributed by atoms with Crippen molar-refractivity contribution in [2.75, 3.05) is 13.1 Å². The van der Waals surface area contributed by atoms with E-state index in [2.05, 4.69) is 17.2 Å². The summed E-state index contributed by atoms with van der Waals surface area (Å²) in [4.78, 5) is 11.1. The summed E-state index contributed by atoms with van der Waals surface area (Å²) in [6, 6.07) is 3.14. The highest BCUT2D eigenvalue weighted by Crippen LogP contribution is 2.15. The Morgan fingerprint density at radius 2 is 2.44 bits per heavy atom. The van der Waals surface area contributed by atoms with Gasteiger partial charge in [-0.05, 0) is 18.6 Å². The zero-order valence-electron chi connectivity index (χ0n) is 8.98. The van der Waals surface area contributed by atoms with E-state index in [0.29, 0.717) is 25.3 Å². The van der Waals surface area contributed by atoms with Crippen LogP contribution in [0.15, 0.2) is 35.5 Å². The zero-order chi connectivity index (χ0) is 11.8. The van der Waals surface area contributed by atoms with Crippen LogP contribution in [-0.4, -0.2) is 24.2 Å². The van der Waals surface area contributed by atoms with E-state index < -0.39 is 6.10 Å². The fourth-order valence-corrected chi connectivity index (χ4v) is 1.17. The number of hydrogen-bond donors (Lipinski definition) is 3. The first-order valence-electron chi connectivity index (χ1n) is 5.08. The first-order valence-corrected chi connectivity index (χ1v) is 5.08. The molecule has 1 rings (SSSR count). The summed E-state index contributed by atoms with van der Waals surface area (Å²) in [6.07, 6.45) is 2.82. The summed E-state index contributed by atoms with van der Waals surface area (Å²) in [6.45, 7) is 4.28. The van der Waals surface area contributed by atoms with E-state index in [1.165, 1.54) is 6.26 Å². The van der Waals surface area contributed by atoms with Crippen LogP contribution in [0.5, 0.6) is 0 Å². The van der Waals surface area contributed by atoms with Gasteiger partial charge >= 0.3 is 6.03 Å². The Labute approximate surface area is 94.1 Å². The molecule has 0 saturated heterocycles. The van der Waals surface area contributed by atoms with Crippen LogP contribution in [0.4, 0.5) is 4.79 Å². The lowest BCUT2D eigenvalue weighted by molar-refractivity contribution is 0.140. The Bertz CT molecular complexity index is 322. The molecule has 0 fully saturated rings. The predicted octanol–water partition coefficient (Wildman–Crippen LogP) is 1.19. The number of urea groups is 1. The molecule has 5 nitrogen and oxygen atoms in total. The SMILES string of the molecule is C=CCNC(=O)NCCC(O)c1ccco1. The van der Waals surface area contributed by atoms with Crippen molar-refractivity contribution in [3.63, 3.8) is 0 Å². The van der Waals surface area contributed by atoms with Crippen LogP contribution in [0, 0.1) is 0 Å². The van der Waals surface area contributed by atoms with Crippen LogP contribution in [-0.2, 0) is 0 Å². The number of nitrogens with one attached hydrogen (secondary N) is 2. The van der Waals surface area contributed by atoms with Crippen LogP contribution < -0.4 is 10.6 Å². The van der Waals surface area contributed by atoms with Crippen LogP contribution >= 0.6 is 0 Å². The van der Waals surface area contributed by atoms with Gasteiger partial charge in [-0.25, -0.2) is 4.79 Å². The van der Waals surface area contributed by atoms with Crippen molar-refractivity contribution in [2.45, 2.75) is 12.5 Å². The molecule has 1 heterocycles. The molecular formula is C11H16N2O3. The molecular weight excluding hydrogens is 208 g/mol. The lowest BCUT2D eigenvalue weighted by Crippen LogP contribution is -2.36. The van der Waals surface area contributed by atoms with Gasteiger partial charge in [0, 0.05) is 13.1 Å². The largest absolute Gasteiger partial charge is 0.467 e. The summed E-state index contributed by atoms with van der Waals surface area (Å²) in [5.41, 5.74) is 0. The van der Waals surface area contributed by atoms with Crippen LogP contribution in [0.25, 0.3) is 0 Å². The number of aliphatic hydroxyl groups excluding tert-OH is 1. The summed E-state index contributed by atoms with van der Waals surface area (Å²) in [7, 11) is 0. The number of aliphatic hydroxyl groups is 1. The van der Waals surface area contributed by atoms with E-state index >= 15 is 0 Å². The molecule has 88 valence electrons. The van der Waals surface area contributed by atoms with Crippen molar-refractivity contribution in [1.82, 2.24) is 10.6 Å². The maximum Gasteiger partial charge on any atom is 0.315 e. The quantitative estimate of drug-likeness (QED) is 0.635. The molecule has 0 bridgehead atoms. The van der Waals surface area contributed by atoms with Gasteiger partial charge in [-0.2, -0.15) is 0 Å². The molecule has 5 heteroatoms. The zero-order valence-corrected chi connectivity index (χ0v) is 8.98. The standard InChI is InChI=1S/C11H16N2O3/c1-2-6-12-11(15)13-7-5-9(14)10-4-3-8-16-10/h2-4,8-9,14H,1,5-7H2,(H2,12,13,15). The van der Waals surface area contributed by atoms with Crippen molar-refractivity contribution in [3.05, 3.63) is 36.8 Å². The number of furan rings is 1. The second-order valence-electron chi connectivity index (χ2n) is 3.25. The van der Waals surface area contributed by atoms with Crippen LogP contribution in [0.3, 0.4) is 0 Å². The number of carbonyl (C=O) groups is 1. The summed E-state index contributed by atoms with van der Waals surface area (Å²) < 4.78 is 5.03. The van der Waals surface area contributed by atoms with E-state index in [1.807, 2.05) is 0 Å². The van der Waals surface area contributed by atoms with Gasteiger partial charge in [0.05, 0.1) is 6.26 Å². The van der Waals surface area contributed by atoms with Crippen LogP contribution in [0.2, 0.25) is 0 Å². The molecule has 2 amide bonds. The van der Waals surface area contributed by atoms with E-state index in [1.54, 1.807) is 18.2 Å². The van der Waals surface area contributed by atoms with Gasteiger partial charge in [0.25, 0.3) is 0 Å². The van der Waals surface area contributed by atoms with Crippen LogP contribution in [0.1, 0.15) is 18.3 Å². The Hall–Kier alpha value is -1.75. The predicted molar refractivity (Wildman–Crippen MR) is 59.9 cm³/mol. The highest BCUT2D eigenvalue weighted by Gasteiger charge is 2.10. The Balaban J connectivity index is 2.15. The van der Waals surface area contributed by atoms with Gasteiger partial charge in [-0.15, -0.1) is 6.58 Å². The highest BCUT2D eigenvalue weighted by atomic mass is 16.4. The summed E-state index contributed by atoms with van der Waals surface area (Å²) >= 11 is 0. The van der Waals surface area contributed by atoms with E-state index in [0.717, 1.165) is 0 Å². The smallest absolute Gasteiger partial charge is 0.315 e. The van der Waals surface area contributed by atoms with Crippen molar-refractivity contribution in [1.29, 1.82) is 0 Å². The Morgan fingerprint density at radius 3 is 3.06 bits per heavy atom. The molecule has 0 radical (unpaired) electrons. The normalized spacial score (nSPS) is 11.8. The fourth-order valence-electron chi connectivity index (χ4n) is 1.17. The van der Waals surface area contributed by atoms with Gasteiger partial charge in [0.1, 0.15) is 11.9 Å². The monoisotopic (exact) mass is 224 g/mol. The van der Waals surface area contributed by atoms with E-state index in [-0.39, 0.29) is 6.03 Å². The molecule has 0 aromatic carbocycles. The van der Waals surface area contributed by atoms with Gasteiger partial charge < -0.3 is 20.2 Å². The molecule has 0 aliphatic rings. The molecule has 0 aliphatic heterocycles. The molecule has 3 N–H and O–H groups in total. The highest BCUT2D eigenvalue weighted by molar-refractivity contribution is 5.73. The third-order valence-electron chi connectivity index (χ3n) is 1.98. The number of carbonyl (C=O) groups excluding carboxylic acids is 1. The van der Waals surface area contributed by atoms with Gasteiger partial charge in [0.2, 0.25) is 0 Å². The third-order valence-corrected chi connectivity index (χ3v) is 1.98. The average Bonchev–Trinajstić information content (AvgIpc) is 2.79. The van der Waals surface area contributed by atoms with Crippen molar-refractivity contribution in [2.24, 2.45) is 0 Å². The number of hydrogen-bond acceptors (Lipinski definition) is 3. The summed E-state index contributed by atoms with van der Waals surface area (Å²) in [5, 5.41) is 14.8. The minimum atomic E-state index is -0.685. The lowest BCUT2D eigenvalue weighted by Gasteiger charge is -2.09. The number of amides is 2. The third kappa shape index (κ3) is 4.18. The molecule has 0 aliphatic carbocycles. The first-order chi connectivity index (χ1) is 7.74. The molecule has 1 unspecified atom stereocenters. The second-order valence-corrected chi connectivity index (χ2v) is 3.25. The Kier molecular flexibility index (Phi) is 5.15. The minimum absolute atomic E-state index is 0.272. The van der Waals surface area contributed by atoms with Crippen molar-refractivity contribution < 1.29 is 14.3 Å². The second kappa shape index (κ2) is 6.68. The first kappa shape index (κ1) is 12.3. The van der Waals surface area contributed by atoms with Crippen molar-refractivity contribution in [3.8, 4) is 0 Å². The van der Waals surface area contributed by atoms with Gasteiger partial charge in [0.15, 0.2) is 0 Å². The average molecular weight is 224 g/mol. The maximum absolute atomic E-state index is 11.1. The Morgan fingerprint density at radius 1 is 1.62 bits per heavy atom. The fraction of sp³-hybridized carbons (Fsp3) is 0.364. The molecule has 1 atom stereocenters.